The highest BCUT2D eigenvalue weighted by Crippen LogP contribution is 2.18. The average Bonchev–Trinajstić information content (AvgIpc) is 2.05. The van der Waals surface area contributed by atoms with E-state index in [9.17, 15) is 13.2 Å². The highest BCUT2D eigenvalue weighted by atomic mass is 32.2. The lowest BCUT2D eigenvalue weighted by molar-refractivity contribution is -0.107. The SMILES string of the molecule is O=CC(C1=CCC=CC1)S(=O)(=O)O. The second-order valence-corrected chi connectivity index (χ2v) is 4.30. The number of aldehydes is 1. The zero-order valence-corrected chi connectivity index (χ0v) is 7.70. The molecule has 0 bridgehead atoms. The van der Waals surface area contributed by atoms with Gasteiger partial charge in [-0.3, -0.25) is 4.55 Å². The summed E-state index contributed by atoms with van der Waals surface area (Å²) in [6.45, 7) is 0. The van der Waals surface area contributed by atoms with Gasteiger partial charge in [0, 0.05) is 0 Å². The van der Waals surface area contributed by atoms with Crippen LogP contribution in [0.25, 0.3) is 0 Å². The Morgan fingerprint density at radius 2 is 2.15 bits per heavy atom. The van der Waals surface area contributed by atoms with E-state index in [4.69, 9.17) is 4.55 Å². The van der Waals surface area contributed by atoms with Crippen LogP contribution in [0.1, 0.15) is 12.8 Å². The fourth-order valence-corrected chi connectivity index (χ4v) is 1.92. The van der Waals surface area contributed by atoms with Gasteiger partial charge in [0.1, 0.15) is 6.29 Å². The van der Waals surface area contributed by atoms with E-state index in [-0.39, 0.29) is 6.29 Å². The summed E-state index contributed by atoms with van der Waals surface area (Å²) in [6, 6.07) is 0. The first-order valence-electron chi connectivity index (χ1n) is 3.81. The first-order valence-corrected chi connectivity index (χ1v) is 5.31. The second kappa shape index (κ2) is 3.85. The lowest BCUT2D eigenvalue weighted by atomic mass is 10.0. The van der Waals surface area contributed by atoms with Gasteiger partial charge in [-0.05, 0) is 18.4 Å². The van der Waals surface area contributed by atoms with Crippen LogP contribution < -0.4 is 0 Å². The summed E-state index contributed by atoms with van der Waals surface area (Å²) in [4.78, 5) is 10.4. The third-order valence-corrected chi connectivity index (χ3v) is 2.90. The van der Waals surface area contributed by atoms with Crippen molar-refractivity contribution in [2.45, 2.75) is 18.1 Å². The molecule has 1 N–H and O–H groups in total. The van der Waals surface area contributed by atoms with Gasteiger partial charge < -0.3 is 4.79 Å². The van der Waals surface area contributed by atoms with Gasteiger partial charge >= 0.3 is 0 Å². The Labute approximate surface area is 76.7 Å². The number of carbonyl (C=O) groups excluding carboxylic acids is 1. The topological polar surface area (TPSA) is 71.4 Å². The van der Waals surface area contributed by atoms with Gasteiger partial charge in [0.05, 0.1) is 0 Å². The van der Waals surface area contributed by atoms with Crippen LogP contribution in [0, 0.1) is 0 Å². The molecule has 0 aromatic heterocycles. The van der Waals surface area contributed by atoms with Crippen LogP contribution >= 0.6 is 0 Å². The molecule has 0 aromatic rings. The Hall–Kier alpha value is -0.940. The fourth-order valence-electron chi connectivity index (χ4n) is 1.20. The normalized spacial score (nSPS) is 19.3. The standard InChI is InChI=1S/C8H10O4S/c9-6-8(13(10,11)12)7-4-2-1-3-5-7/h1-2,5-6,8H,3-4H2,(H,10,11,12). The van der Waals surface area contributed by atoms with Crippen molar-refractivity contribution in [3.8, 4) is 0 Å². The first-order chi connectivity index (χ1) is 6.05. The predicted molar refractivity (Wildman–Crippen MR) is 47.9 cm³/mol. The van der Waals surface area contributed by atoms with Gasteiger partial charge in [-0.2, -0.15) is 8.42 Å². The third-order valence-electron chi connectivity index (χ3n) is 1.85. The zero-order chi connectivity index (χ0) is 9.90. The summed E-state index contributed by atoms with van der Waals surface area (Å²) in [5.74, 6) is 0. The van der Waals surface area contributed by atoms with Gasteiger partial charge in [0.15, 0.2) is 5.25 Å². The molecule has 0 aliphatic heterocycles. The number of carbonyl (C=O) groups is 1. The molecule has 0 spiro atoms. The smallest absolute Gasteiger partial charge is 0.278 e. The van der Waals surface area contributed by atoms with Crippen LogP contribution in [0.15, 0.2) is 23.8 Å². The Bertz CT molecular complexity index is 350. The molecule has 1 rings (SSSR count). The van der Waals surface area contributed by atoms with Crippen LogP contribution in [0.3, 0.4) is 0 Å². The summed E-state index contributed by atoms with van der Waals surface area (Å²) in [7, 11) is -4.28. The number of allylic oxidation sites excluding steroid dienone is 3. The molecule has 4 nitrogen and oxygen atoms in total. The van der Waals surface area contributed by atoms with Crippen LogP contribution in [0.2, 0.25) is 0 Å². The number of hydrogen-bond donors (Lipinski definition) is 1. The van der Waals surface area contributed by atoms with Gasteiger partial charge in [-0.1, -0.05) is 18.2 Å². The predicted octanol–water partition coefficient (Wildman–Crippen LogP) is 0.718. The van der Waals surface area contributed by atoms with Gasteiger partial charge in [-0.15, -0.1) is 0 Å². The molecule has 0 aromatic carbocycles. The Morgan fingerprint density at radius 3 is 2.54 bits per heavy atom. The number of hydrogen-bond acceptors (Lipinski definition) is 3. The van der Waals surface area contributed by atoms with Gasteiger partial charge in [-0.25, -0.2) is 0 Å². The third kappa shape index (κ3) is 2.50. The Kier molecular flexibility index (Phi) is 3.00. The molecule has 0 amide bonds. The van der Waals surface area contributed by atoms with E-state index in [0.29, 0.717) is 18.4 Å². The molecule has 5 heteroatoms. The highest BCUT2D eigenvalue weighted by molar-refractivity contribution is 7.87. The average molecular weight is 202 g/mol. The maximum absolute atomic E-state index is 10.7. The van der Waals surface area contributed by atoms with Crippen LogP contribution in [0.4, 0.5) is 0 Å². The maximum atomic E-state index is 10.7. The second-order valence-electron chi connectivity index (χ2n) is 2.76. The molecule has 72 valence electrons. The molecule has 1 atom stereocenters. The van der Waals surface area contributed by atoms with Crippen molar-refractivity contribution in [2.75, 3.05) is 0 Å². The van der Waals surface area contributed by atoms with E-state index < -0.39 is 15.4 Å². The van der Waals surface area contributed by atoms with E-state index in [0.717, 1.165) is 0 Å². The van der Waals surface area contributed by atoms with Crippen molar-refractivity contribution in [3.63, 3.8) is 0 Å². The molecule has 0 radical (unpaired) electrons. The minimum absolute atomic E-state index is 0.250. The molecule has 0 fully saturated rings. The minimum Gasteiger partial charge on any atom is -0.301 e. The molecule has 0 heterocycles. The first kappa shape index (κ1) is 10.1. The van der Waals surface area contributed by atoms with Gasteiger partial charge in [0.2, 0.25) is 0 Å². The molecular weight excluding hydrogens is 192 g/mol. The molecule has 0 saturated carbocycles. The Morgan fingerprint density at radius 1 is 1.46 bits per heavy atom. The van der Waals surface area contributed by atoms with Crippen molar-refractivity contribution >= 4 is 16.4 Å². The summed E-state index contributed by atoms with van der Waals surface area (Å²) < 4.78 is 30.1. The van der Waals surface area contributed by atoms with E-state index in [1.54, 1.807) is 12.2 Å². The molecule has 1 unspecified atom stereocenters. The van der Waals surface area contributed by atoms with Crippen molar-refractivity contribution in [1.29, 1.82) is 0 Å². The minimum atomic E-state index is -4.28. The molecule has 1 aliphatic rings. The summed E-state index contributed by atoms with van der Waals surface area (Å²) in [5.41, 5.74) is 0.444. The number of rotatable bonds is 3. The summed E-state index contributed by atoms with van der Waals surface area (Å²) in [5, 5.41) is -1.39. The molecule has 1 aliphatic carbocycles. The lowest BCUT2D eigenvalue weighted by Gasteiger charge is -2.12. The largest absolute Gasteiger partial charge is 0.301 e. The van der Waals surface area contributed by atoms with Gasteiger partial charge in [0.25, 0.3) is 10.1 Å². The van der Waals surface area contributed by atoms with E-state index in [1.165, 1.54) is 0 Å². The van der Waals surface area contributed by atoms with E-state index in [2.05, 4.69) is 0 Å². The highest BCUT2D eigenvalue weighted by Gasteiger charge is 2.26. The van der Waals surface area contributed by atoms with E-state index >= 15 is 0 Å². The summed E-state index contributed by atoms with van der Waals surface area (Å²) >= 11 is 0. The van der Waals surface area contributed by atoms with Crippen molar-refractivity contribution in [3.05, 3.63) is 23.8 Å². The van der Waals surface area contributed by atoms with Crippen molar-refractivity contribution in [1.82, 2.24) is 0 Å². The van der Waals surface area contributed by atoms with Crippen LogP contribution in [-0.2, 0) is 14.9 Å². The lowest BCUT2D eigenvalue weighted by Crippen LogP contribution is -2.24. The zero-order valence-electron chi connectivity index (χ0n) is 6.88. The maximum Gasteiger partial charge on any atom is 0.278 e. The molecular formula is C8H10O4S. The molecule has 0 saturated heterocycles. The fraction of sp³-hybridized carbons (Fsp3) is 0.375. The quantitative estimate of drug-likeness (QED) is 0.416. The monoisotopic (exact) mass is 202 g/mol. The Balaban J connectivity index is 2.91. The van der Waals surface area contributed by atoms with Crippen molar-refractivity contribution in [2.24, 2.45) is 0 Å². The molecule has 13 heavy (non-hydrogen) atoms. The van der Waals surface area contributed by atoms with Crippen LogP contribution in [-0.4, -0.2) is 24.5 Å². The van der Waals surface area contributed by atoms with E-state index in [1.807, 2.05) is 6.08 Å². The van der Waals surface area contributed by atoms with Crippen molar-refractivity contribution < 1.29 is 17.8 Å². The van der Waals surface area contributed by atoms with Crippen LogP contribution in [0.5, 0.6) is 0 Å². The summed E-state index contributed by atoms with van der Waals surface area (Å²) in [6.07, 6.45) is 6.55.